The Morgan fingerprint density at radius 3 is 2.96 bits per heavy atom. The number of carbonyl (C=O) groups excluding carboxylic acids is 1. The molecule has 0 atom stereocenters. The van der Waals surface area contributed by atoms with Gasteiger partial charge in [0.05, 0.1) is 0 Å². The number of hydrogen-bond acceptors (Lipinski definition) is 6. The summed E-state index contributed by atoms with van der Waals surface area (Å²) < 4.78 is 0. The quantitative estimate of drug-likeness (QED) is 0.753. The van der Waals surface area contributed by atoms with Crippen molar-refractivity contribution < 1.29 is 4.79 Å². The van der Waals surface area contributed by atoms with E-state index in [1.165, 1.54) is 35.4 Å². The van der Waals surface area contributed by atoms with Crippen molar-refractivity contribution in [2.24, 2.45) is 0 Å². The number of amides is 1. The van der Waals surface area contributed by atoms with Crippen LogP contribution in [0.25, 0.3) is 0 Å². The van der Waals surface area contributed by atoms with Gasteiger partial charge < -0.3 is 10.6 Å². The highest BCUT2D eigenvalue weighted by Gasteiger charge is 2.15. The summed E-state index contributed by atoms with van der Waals surface area (Å²) in [4.78, 5) is 25.1. The monoisotopic (exact) mass is 345 g/mol. The van der Waals surface area contributed by atoms with Gasteiger partial charge >= 0.3 is 0 Å². The third-order valence-electron chi connectivity index (χ3n) is 4.17. The molecule has 6 nitrogen and oxygen atoms in total. The number of anilines is 1. The molecule has 0 bridgehead atoms. The summed E-state index contributed by atoms with van der Waals surface area (Å²) in [5, 5.41) is 8.55. The average molecular weight is 345 g/mol. The van der Waals surface area contributed by atoms with Crippen molar-refractivity contribution >= 4 is 22.4 Å². The summed E-state index contributed by atoms with van der Waals surface area (Å²) in [6, 6.07) is 0. The number of nitrogens with zero attached hydrogens (tertiary/aromatic N) is 3. The molecule has 2 aromatic rings. The number of nitrogens with one attached hydrogen (secondary N) is 2. The zero-order valence-corrected chi connectivity index (χ0v) is 14.8. The van der Waals surface area contributed by atoms with E-state index >= 15 is 0 Å². The van der Waals surface area contributed by atoms with Crippen LogP contribution in [0.1, 0.15) is 42.0 Å². The minimum Gasteiger partial charge on any atom is -0.316 e. The van der Waals surface area contributed by atoms with Gasteiger partial charge in [-0.2, -0.15) is 0 Å². The normalized spacial score (nSPS) is 13.5. The van der Waals surface area contributed by atoms with E-state index in [0.29, 0.717) is 18.1 Å². The molecule has 0 saturated heterocycles. The van der Waals surface area contributed by atoms with E-state index in [4.69, 9.17) is 4.98 Å². The topological polar surface area (TPSA) is 79.8 Å². The van der Waals surface area contributed by atoms with E-state index < -0.39 is 0 Å². The highest BCUT2D eigenvalue weighted by molar-refractivity contribution is 7.13. The van der Waals surface area contributed by atoms with Gasteiger partial charge in [0.25, 0.3) is 0 Å². The second-order valence-electron chi connectivity index (χ2n) is 5.99. The van der Waals surface area contributed by atoms with Crippen molar-refractivity contribution in [1.82, 2.24) is 20.3 Å². The van der Waals surface area contributed by atoms with E-state index in [0.717, 1.165) is 37.3 Å². The summed E-state index contributed by atoms with van der Waals surface area (Å²) >= 11 is 1.42. The Morgan fingerprint density at radius 2 is 2.12 bits per heavy atom. The number of hydrogen-bond donors (Lipinski definition) is 2. The van der Waals surface area contributed by atoms with Gasteiger partial charge in [-0.05, 0) is 38.2 Å². The molecule has 24 heavy (non-hydrogen) atoms. The fourth-order valence-corrected chi connectivity index (χ4v) is 3.50. The SMILES string of the molecule is Cc1nc(CCNCCC(=O)Nc2nccs2)nc2c1CCCC2. The molecule has 0 unspecified atom stereocenters. The van der Waals surface area contributed by atoms with Crippen LogP contribution in [-0.2, 0) is 24.1 Å². The van der Waals surface area contributed by atoms with Crippen molar-refractivity contribution in [3.05, 3.63) is 34.4 Å². The highest BCUT2D eigenvalue weighted by Crippen LogP contribution is 2.21. The molecule has 0 aliphatic heterocycles. The second kappa shape index (κ2) is 8.30. The Kier molecular flexibility index (Phi) is 5.87. The van der Waals surface area contributed by atoms with Crippen LogP contribution < -0.4 is 10.6 Å². The average Bonchev–Trinajstić information content (AvgIpc) is 3.07. The first-order chi connectivity index (χ1) is 11.7. The van der Waals surface area contributed by atoms with Gasteiger partial charge in [-0.15, -0.1) is 11.3 Å². The molecular weight excluding hydrogens is 322 g/mol. The predicted molar refractivity (Wildman–Crippen MR) is 95.3 cm³/mol. The molecule has 128 valence electrons. The molecule has 2 aromatic heterocycles. The molecule has 1 aliphatic rings. The molecule has 0 saturated carbocycles. The smallest absolute Gasteiger partial charge is 0.227 e. The van der Waals surface area contributed by atoms with E-state index in [-0.39, 0.29) is 5.91 Å². The van der Waals surface area contributed by atoms with Gasteiger partial charge in [0, 0.05) is 48.9 Å². The molecule has 0 aromatic carbocycles. The summed E-state index contributed by atoms with van der Waals surface area (Å²) in [7, 11) is 0. The standard InChI is InChI=1S/C17H23N5OS/c1-12-13-4-2-3-5-14(13)21-15(20-12)6-8-18-9-7-16(23)22-17-19-10-11-24-17/h10-11,18H,2-9H2,1H3,(H,19,22,23). The summed E-state index contributed by atoms with van der Waals surface area (Å²) in [5.74, 6) is 0.895. The summed E-state index contributed by atoms with van der Waals surface area (Å²) in [6.45, 7) is 3.51. The fourth-order valence-electron chi connectivity index (χ4n) is 2.95. The lowest BCUT2D eigenvalue weighted by molar-refractivity contribution is -0.116. The second-order valence-corrected chi connectivity index (χ2v) is 6.89. The fraction of sp³-hybridized carbons (Fsp3) is 0.529. The third-order valence-corrected chi connectivity index (χ3v) is 4.86. The van der Waals surface area contributed by atoms with Gasteiger partial charge in [-0.1, -0.05) is 0 Å². The zero-order valence-electron chi connectivity index (χ0n) is 14.0. The van der Waals surface area contributed by atoms with Crippen molar-refractivity contribution in [2.75, 3.05) is 18.4 Å². The molecule has 1 amide bonds. The summed E-state index contributed by atoms with van der Waals surface area (Å²) in [5.41, 5.74) is 3.74. The van der Waals surface area contributed by atoms with Gasteiger partial charge in [-0.3, -0.25) is 4.79 Å². The Balaban J connectivity index is 1.39. The number of carbonyl (C=O) groups is 1. The van der Waals surface area contributed by atoms with Gasteiger partial charge in [0.2, 0.25) is 5.91 Å². The van der Waals surface area contributed by atoms with Crippen molar-refractivity contribution in [3.63, 3.8) is 0 Å². The van der Waals surface area contributed by atoms with Crippen molar-refractivity contribution in [2.45, 2.75) is 45.4 Å². The van der Waals surface area contributed by atoms with Crippen LogP contribution in [0, 0.1) is 6.92 Å². The minimum atomic E-state index is -0.0154. The first kappa shape index (κ1) is 17.0. The molecule has 0 fully saturated rings. The first-order valence-corrected chi connectivity index (χ1v) is 9.35. The van der Waals surface area contributed by atoms with E-state index in [1.807, 2.05) is 5.38 Å². The molecule has 2 heterocycles. The number of aryl methyl sites for hydroxylation is 2. The molecule has 2 N–H and O–H groups in total. The number of aromatic nitrogens is 3. The predicted octanol–water partition coefficient (Wildman–Crippen LogP) is 2.28. The van der Waals surface area contributed by atoms with Crippen LogP contribution in [0.15, 0.2) is 11.6 Å². The van der Waals surface area contributed by atoms with Crippen molar-refractivity contribution in [1.29, 1.82) is 0 Å². The minimum absolute atomic E-state index is 0.0154. The Hall–Kier alpha value is -1.86. The molecule has 1 aliphatic carbocycles. The molecular formula is C17H23N5OS. The van der Waals surface area contributed by atoms with Crippen LogP contribution in [0.2, 0.25) is 0 Å². The van der Waals surface area contributed by atoms with Gasteiger partial charge in [-0.25, -0.2) is 15.0 Å². The van der Waals surface area contributed by atoms with Crippen LogP contribution >= 0.6 is 11.3 Å². The number of thiazole rings is 1. The van der Waals surface area contributed by atoms with Crippen LogP contribution in [0.5, 0.6) is 0 Å². The van der Waals surface area contributed by atoms with Crippen LogP contribution in [0.3, 0.4) is 0 Å². The maximum atomic E-state index is 11.7. The number of rotatable bonds is 7. The lowest BCUT2D eigenvalue weighted by Gasteiger charge is -2.17. The molecule has 7 heteroatoms. The maximum Gasteiger partial charge on any atom is 0.227 e. The van der Waals surface area contributed by atoms with Crippen molar-refractivity contribution in [3.8, 4) is 0 Å². The van der Waals surface area contributed by atoms with E-state index in [2.05, 4.69) is 27.5 Å². The van der Waals surface area contributed by atoms with Gasteiger partial charge in [0.1, 0.15) is 5.82 Å². The van der Waals surface area contributed by atoms with Gasteiger partial charge in [0.15, 0.2) is 5.13 Å². The van der Waals surface area contributed by atoms with E-state index in [9.17, 15) is 4.79 Å². The summed E-state index contributed by atoms with van der Waals surface area (Å²) in [6.07, 6.45) is 7.59. The zero-order chi connectivity index (χ0) is 16.8. The van der Waals surface area contributed by atoms with Crippen LogP contribution in [-0.4, -0.2) is 33.9 Å². The lowest BCUT2D eigenvalue weighted by atomic mass is 9.95. The Labute approximate surface area is 146 Å². The Bertz CT molecular complexity index is 687. The molecule has 0 spiro atoms. The largest absolute Gasteiger partial charge is 0.316 e. The maximum absolute atomic E-state index is 11.7. The molecule has 0 radical (unpaired) electrons. The first-order valence-electron chi connectivity index (χ1n) is 8.47. The number of fused-ring (bicyclic) bond motifs is 1. The Morgan fingerprint density at radius 1 is 1.25 bits per heavy atom. The highest BCUT2D eigenvalue weighted by atomic mass is 32.1. The van der Waals surface area contributed by atoms with E-state index in [1.54, 1.807) is 6.20 Å². The third kappa shape index (κ3) is 4.58. The molecule has 3 rings (SSSR count). The van der Waals surface area contributed by atoms with Crippen LogP contribution in [0.4, 0.5) is 5.13 Å². The lowest BCUT2D eigenvalue weighted by Crippen LogP contribution is -2.24.